The van der Waals surface area contributed by atoms with Gasteiger partial charge in [0, 0.05) is 12.2 Å². The topological polar surface area (TPSA) is 78.6 Å². The molecule has 5 nitrogen and oxygen atoms in total. The van der Waals surface area contributed by atoms with E-state index in [4.69, 9.17) is 4.74 Å². The summed E-state index contributed by atoms with van der Waals surface area (Å²) in [6.45, 7) is 4.62. The van der Waals surface area contributed by atoms with E-state index in [9.17, 15) is 9.59 Å². The Morgan fingerprint density at radius 1 is 1.43 bits per heavy atom. The predicted molar refractivity (Wildman–Crippen MR) is 50.5 cm³/mol. The maximum Gasteiger partial charge on any atom is 0.412 e. The molecule has 0 saturated carbocycles. The van der Waals surface area contributed by atoms with Crippen LogP contribution in [0.1, 0.15) is 20.3 Å². The standard InChI is InChI=1S/C9H15NO4/c1-3-13-6-4-5-7(2)8(11)14-9(10)12/h5H,3-4,6H2,1-2H3,(H2,10,12). The first kappa shape index (κ1) is 12.6. The van der Waals surface area contributed by atoms with Crippen LogP contribution in [0.25, 0.3) is 0 Å². The van der Waals surface area contributed by atoms with Crippen molar-refractivity contribution in [3.8, 4) is 0 Å². The van der Waals surface area contributed by atoms with Gasteiger partial charge in [0.15, 0.2) is 0 Å². The van der Waals surface area contributed by atoms with Crippen LogP contribution in [0.2, 0.25) is 0 Å². The van der Waals surface area contributed by atoms with Gasteiger partial charge in [0.05, 0.1) is 6.61 Å². The molecule has 0 bridgehead atoms. The number of carbonyl (C=O) groups excluding carboxylic acids is 2. The van der Waals surface area contributed by atoms with Crippen LogP contribution >= 0.6 is 0 Å². The van der Waals surface area contributed by atoms with Gasteiger partial charge in [-0.3, -0.25) is 0 Å². The summed E-state index contributed by atoms with van der Waals surface area (Å²) < 4.78 is 9.22. The van der Waals surface area contributed by atoms with Crippen LogP contribution in [-0.2, 0) is 14.3 Å². The largest absolute Gasteiger partial charge is 0.412 e. The zero-order chi connectivity index (χ0) is 11.0. The van der Waals surface area contributed by atoms with E-state index in [0.29, 0.717) is 25.2 Å². The Morgan fingerprint density at radius 2 is 2.07 bits per heavy atom. The molecule has 0 rings (SSSR count). The van der Waals surface area contributed by atoms with Crippen LogP contribution in [0.3, 0.4) is 0 Å². The third kappa shape index (κ3) is 6.19. The van der Waals surface area contributed by atoms with Crippen molar-refractivity contribution in [3.63, 3.8) is 0 Å². The van der Waals surface area contributed by atoms with Crippen LogP contribution in [0, 0.1) is 0 Å². The Labute approximate surface area is 82.9 Å². The highest BCUT2D eigenvalue weighted by Crippen LogP contribution is 1.99. The van der Waals surface area contributed by atoms with Crippen LogP contribution in [0.15, 0.2) is 11.6 Å². The molecule has 0 aromatic carbocycles. The Balaban J connectivity index is 3.85. The second kappa shape index (κ2) is 7.08. The zero-order valence-corrected chi connectivity index (χ0v) is 8.41. The molecule has 0 aliphatic rings. The molecular formula is C9H15NO4. The van der Waals surface area contributed by atoms with E-state index < -0.39 is 12.1 Å². The minimum atomic E-state index is -1.09. The number of carbonyl (C=O) groups is 2. The molecule has 1 amide bonds. The molecule has 14 heavy (non-hydrogen) atoms. The van der Waals surface area contributed by atoms with Gasteiger partial charge in [-0.1, -0.05) is 6.08 Å². The van der Waals surface area contributed by atoms with Crippen molar-refractivity contribution in [2.24, 2.45) is 5.73 Å². The second-order valence-electron chi connectivity index (χ2n) is 2.58. The van der Waals surface area contributed by atoms with Crippen LogP contribution in [0.4, 0.5) is 4.79 Å². The molecule has 0 unspecified atom stereocenters. The molecule has 0 fully saturated rings. The zero-order valence-electron chi connectivity index (χ0n) is 8.41. The van der Waals surface area contributed by atoms with Gasteiger partial charge in [-0.25, -0.2) is 9.59 Å². The Hall–Kier alpha value is -1.36. The summed E-state index contributed by atoms with van der Waals surface area (Å²) in [6, 6.07) is 0. The van der Waals surface area contributed by atoms with Gasteiger partial charge in [-0.2, -0.15) is 0 Å². The highest BCUT2D eigenvalue weighted by atomic mass is 16.6. The number of ether oxygens (including phenoxy) is 2. The fourth-order valence-corrected chi connectivity index (χ4v) is 0.758. The first-order valence-electron chi connectivity index (χ1n) is 4.34. The lowest BCUT2D eigenvalue weighted by molar-refractivity contribution is -0.132. The van der Waals surface area contributed by atoms with E-state index in [2.05, 4.69) is 10.5 Å². The van der Waals surface area contributed by atoms with Gasteiger partial charge in [-0.15, -0.1) is 0 Å². The summed E-state index contributed by atoms with van der Waals surface area (Å²) in [6.07, 6.45) is 1.15. The highest BCUT2D eigenvalue weighted by molar-refractivity contribution is 5.94. The summed E-state index contributed by atoms with van der Waals surface area (Å²) in [5.74, 6) is -0.714. The minimum Gasteiger partial charge on any atom is -0.381 e. The normalized spacial score (nSPS) is 11.1. The molecule has 0 spiro atoms. The Morgan fingerprint density at radius 3 is 2.57 bits per heavy atom. The molecular weight excluding hydrogens is 186 g/mol. The van der Waals surface area contributed by atoms with Gasteiger partial charge in [-0.05, 0) is 20.3 Å². The smallest absolute Gasteiger partial charge is 0.381 e. The lowest BCUT2D eigenvalue weighted by atomic mass is 10.2. The van der Waals surface area contributed by atoms with Crippen molar-refractivity contribution >= 4 is 12.1 Å². The van der Waals surface area contributed by atoms with Crippen molar-refractivity contribution in [1.29, 1.82) is 0 Å². The van der Waals surface area contributed by atoms with Crippen molar-refractivity contribution in [2.45, 2.75) is 20.3 Å². The number of amides is 1. The van der Waals surface area contributed by atoms with Gasteiger partial charge in [0.2, 0.25) is 0 Å². The molecule has 0 atom stereocenters. The van der Waals surface area contributed by atoms with Crippen molar-refractivity contribution in [3.05, 3.63) is 11.6 Å². The average Bonchev–Trinajstić information content (AvgIpc) is 2.11. The number of rotatable bonds is 5. The summed E-state index contributed by atoms with van der Waals surface area (Å²) in [5.41, 5.74) is 5.02. The van der Waals surface area contributed by atoms with Gasteiger partial charge < -0.3 is 15.2 Å². The summed E-state index contributed by atoms with van der Waals surface area (Å²) in [7, 11) is 0. The van der Waals surface area contributed by atoms with E-state index >= 15 is 0 Å². The minimum absolute atomic E-state index is 0.350. The molecule has 0 aromatic rings. The molecule has 0 aliphatic heterocycles. The lowest BCUT2D eigenvalue weighted by Crippen LogP contribution is -2.18. The first-order chi connectivity index (χ1) is 6.57. The average molecular weight is 201 g/mol. The predicted octanol–water partition coefficient (Wildman–Crippen LogP) is 0.981. The fourth-order valence-electron chi connectivity index (χ4n) is 0.758. The Bertz CT molecular complexity index is 235. The van der Waals surface area contributed by atoms with E-state index in [0.717, 1.165) is 0 Å². The first-order valence-corrected chi connectivity index (χ1v) is 4.34. The summed E-state index contributed by atoms with van der Waals surface area (Å²) in [4.78, 5) is 21.2. The quantitative estimate of drug-likeness (QED) is 0.311. The molecule has 5 heteroatoms. The van der Waals surface area contributed by atoms with Crippen LogP contribution in [-0.4, -0.2) is 25.3 Å². The third-order valence-corrected chi connectivity index (χ3v) is 1.43. The van der Waals surface area contributed by atoms with Gasteiger partial charge in [0.1, 0.15) is 0 Å². The molecule has 0 aromatic heterocycles. The molecule has 2 N–H and O–H groups in total. The molecule has 80 valence electrons. The van der Waals surface area contributed by atoms with Crippen LogP contribution < -0.4 is 5.73 Å². The molecule has 0 heterocycles. The lowest BCUT2D eigenvalue weighted by Gasteiger charge is -2.00. The summed E-state index contributed by atoms with van der Waals surface area (Å²) in [5, 5.41) is 0. The molecule has 0 saturated heterocycles. The molecule has 0 aliphatic carbocycles. The van der Waals surface area contributed by atoms with Gasteiger partial charge >= 0.3 is 12.1 Å². The van der Waals surface area contributed by atoms with Crippen LogP contribution in [0.5, 0.6) is 0 Å². The van der Waals surface area contributed by atoms with Crippen molar-refractivity contribution in [2.75, 3.05) is 13.2 Å². The highest BCUT2D eigenvalue weighted by Gasteiger charge is 2.07. The third-order valence-electron chi connectivity index (χ3n) is 1.43. The van der Waals surface area contributed by atoms with Crippen molar-refractivity contribution < 1.29 is 19.1 Å². The van der Waals surface area contributed by atoms with E-state index in [1.54, 1.807) is 13.0 Å². The number of nitrogens with two attached hydrogens (primary N) is 1. The monoisotopic (exact) mass is 201 g/mol. The van der Waals surface area contributed by atoms with E-state index in [1.807, 2.05) is 6.92 Å². The maximum atomic E-state index is 11.0. The number of hydrogen-bond donors (Lipinski definition) is 1. The fraction of sp³-hybridized carbons (Fsp3) is 0.556. The maximum absolute atomic E-state index is 11.0. The van der Waals surface area contributed by atoms with Crippen molar-refractivity contribution in [1.82, 2.24) is 0 Å². The molecule has 0 radical (unpaired) electrons. The van der Waals surface area contributed by atoms with E-state index in [-0.39, 0.29) is 0 Å². The Kier molecular flexibility index (Phi) is 6.39. The number of esters is 1. The number of primary amides is 1. The van der Waals surface area contributed by atoms with Gasteiger partial charge in [0.25, 0.3) is 0 Å². The summed E-state index contributed by atoms with van der Waals surface area (Å²) >= 11 is 0. The number of hydrogen-bond acceptors (Lipinski definition) is 4. The van der Waals surface area contributed by atoms with E-state index in [1.165, 1.54) is 0 Å². The SMILES string of the molecule is CCOCCC=C(C)C(=O)OC(N)=O. The second-order valence-corrected chi connectivity index (χ2v) is 2.58.